The zero-order chi connectivity index (χ0) is 5.28. The van der Waals surface area contributed by atoms with Gasteiger partial charge in [-0.3, -0.25) is 0 Å². The van der Waals surface area contributed by atoms with Gasteiger partial charge in [0, 0.05) is 5.92 Å². The first-order valence-electron chi connectivity index (χ1n) is 2.74. The first kappa shape index (κ1) is 4.64. The Labute approximate surface area is 44.0 Å². The standard InChI is InChI=1S/C6H9N/c1-5-2-3-6(5)4-7/h5-6H,2-3H2,1H3. The lowest BCUT2D eigenvalue weighted by Crippen LogP contribution is -2.20. The van der Waals surface area contributed by atoms with Crippen molar-refractivity contribution < 1.29 is 0 Å². The number of nitriles is 1. The minimum absolute atomic E-state index is 0.389. The Morgan fingerprint density at radius 3 is 2.29 bits per heavy atom. The molecule has 0 amide bonds. The van der Waals surface area contributed by atoms with Gasteiger partial charge in [-0.15, -0.1) is 0 Å². The summed E-state index contributed by atoms with van der Waals surface area (Å²) in [4.78, 5) is 0. The number of rotatable bonds is 0. The van der Waals surface area contributed by atoms with Crippen LogP contribution >= 0.6 is 0 Å². The number of hydrogen-bond acceptors (Lipinski definition) is 1. The van der Waals surface area contributed by atoms with Gasteiger partial charge >= 0.3 is 0 Å². The number of hydrogen-bond donors (Lipinski definition) is 0. The van der Waals surface area contributed by atoms with Crippen LogP contribution in [0.15, 0.2) is 0 Å². The third-order valence-electron chi connectivity index (χ3n) is 1.79. The third kappa shape index (κ3) is 0.608. The summed E-state index contributed by atoms with van der Waals surface area (Å²) in [7, 11) is 0. The third-order valence-corrected chi connectivity index (χ3v) is 1.79. The molecule has 2 unspecified atom stereocenters. The van der Waals surface area contributed by atoms with Crippen LogP contribution in [-0.2, 0) is 0 Å². The van der Waals surface area contributed by atoms with Crippen LogP contribution < -0.4 is 0 Å². The van der Waals surface area contributed by atoms with E-state index in [1.165, 1.54) is 6.42 Å². The lowest BCUT2D eigenvalue weighted by molar-refractivity contribution is 0.259. The first-order chi connectivity index (χ1) is 3.34. The molecule has 0 aromatic rings. The van der Waals surface area contributed by atoms with E-state index in [2.05, 4.69) is 13.0 Å². The van der Waals surface area contributed by atoms with E-state index in [1.54, 1.807) is 0 Å². The summed E-state index contributed by atoms with van der Waals surface area (Å²) >= 11 is 0. The highest BCUT2D eigenvalue weighted by Gasteiger charge is 2.25. The fraction of sp³-hybridized carbons (Fsp3) is 0.833. The fourth-order valence-corrected chi connectivity index (χ4v) is 0.858. The minimum atomic E-state index is 0.389. The predicted molar refractivity (Wildman–Crippen MR) is 27.5 cm³/mol. The highest BCUT2D eigenvalue weighted by Crippen LogP contribution is 2.32. The van der Waals surface area contributed by atoms with Crippen LogP contribution in [0.1, 0.15) is 19.8 Å². The molecule has 1 aliphatic carbocycles. The van der Waals surface area contributed by atoms with Crippen LogP contribution in [0.3, 0.4) is 0 Å². The summed E-state index contributed by atoms with van der Waals surface area (Å²) in [5, 5.41) is 8.31. The molecule has 1 aliphatic rings. The molecule has 0 aliphatic heterocycles. The molecule has 0 aromatic heterocycles. The van der Waals surface area contributed by atoms with Crippen molar-refractivity contribution in [2.75, 3.05) is 0 Å². The lowest BCUT2D eigenvalue weighted by atomic mass is 9.76. The van der Waals surface area contributed by atoms with E-state index >= 15 is 0 Å². The van der Waals surface area contributed by atoms with E-state index in [1.807, 2.05) is 0 Å². The molecular weight excluding hydrogens is 86.1 g/mol. The minimum Gasteiger partial charge on any atom is -0.198 e. The molecule has 7 heavy (non-hydrogen) atoms. The molecule has 2 atom stereocenters. The monoisotopic (exact) mass is 95.1 g/mol. The zero-order valence-corrected chi connectivity index (χ0v) is 4.52. The average molecular weight is 95.1 g/mol. The van der Waals surface area contributed by atoms with Crippen LogP contribution in [0, 0.1) is 23.2 Å². The number of nitrogens with zero attached hydrogens (tertiary/aromatic N) is 1. The van der Waals surface area contributed by atoms with Crippen molar-refractivity contribution in [2.45, 2.75) is 19.8 Å². The van der Waals surface area contributed by atoms with Gasteiger partial charge in [-0.1, -0.05) is 6.92 Å². The summed E-state index contributed by atoms with van der Waals surface area (Å²) in [6.07, 6.45) is 2.40. The highest BCUT2D eigenvalue weighted by molar-refractivity contribution is 4.93. The Kier molecular flexibility index (Phi) is 1.02. The van der Waals surface area contributed by atoms with Crippen molar-refractivity contribution in [3.63, 3.8) is 0 Å². The second-order valence-electron chi connectivity index (χ2n) is 2.29. The molecule has 0 radical (unpaired) electrons. The molecule has 0 aromatic carbocycles. The van der Waals surface area contributed by atoms with E-state index in [0.29, 0.717) is 11.8 Å². The largest absolute Gasteiger partial charge is 0.198 e. The van der Waals surface area contributed by atoms with Gasteiger partial charge in [0.05, 0.1) is 6.07 Å². The average Bonchev–Trinajstić information content (AvgIpc) is 1.65. The molecule has 0 N–H and O–H groups in total. The maximum absolute atomic E-state index is 8.31. The SMILES string of the molecule is CC1CCC1C#N. The molecule has 38 valence electrons. The summed E-state index contributed by atoms with van der Waals surface area (Å²) in [6, 6.07) is 2.25. The van der Waals surface area contributed by atoms with Gasteiger partial charge in [-0.2, -0.15) is 5.26 Å². The van der Waals surface area contributed by atoms with Crippen molar-refractivity contribution >= 4 is 0 Å². The molecule has 1 rings (SSSR count). The van der Waals surface area contributed by atoms with Gasteiger partial charge < -0.3 is 0 Å². The van der Waals surface area contributed by atoms with Crippen molar-refractivity contribution in [3.05, 3.63) is 0 Å². The smallest absolute Gasteiger partial charge is 0.0658 e. The van der Waals surface area contributed by atoms with E-state index < -0.39 is 0 Å². The molecule has 1 fully saturated rings. The molecule has 1 nitrogen and oxygen atoms in total. The van der Waals surface area contributed by atoms with Gasteiger partial charge in [-0.25, -0.2) is 0 Å². The maximum atomic E-state index is 8.31. The Hall–Kier alpha value is -0.510. The van der Waals surface area contributed by atoms with Crippen molar-refractivity contribution in [3.8, 4) is 6.07 Å². The van der Waals surface area contributed by atoms with E-state index in [0.717, 1.165) is 6.42 Å². The van der Waals surface area contributed by atoms with Crippen LogP contribution in [-0.4, -0.2) is 0 Å². The van der Waals surface area contributed by atoms with Gasteiger partial charge in [-0.05, 0) is 18.8 Å². The first-order valence-corrected chi connectivity index (χ1v) is 2.74. The van der Waals surface area contributed by atoms with E-state index in [9.17, 15) is 0 Å². The molecule has 0 spiro atoms. The Bertz CT molecular complexity index is 101. The van der Waals surface area contributed by atoms with E-state index in [4.69, 9.17) is 5.26 Å². The molecular formula is C6H9N. The summed E-state index contributed by atoms with van der Waals surface area (Å²) in [6.45, 7) is 2.14. The van der Waals surface area contributed by atoms with Crippen LogP contribution in [0.25, 0.3) is 0 Å². The zero-order valence-electron chi connectivity index (χ0n) is 4.52. The van der Waals surface area contributed by atoms with Gasteiger partial charge in [0.2, 0.25) is 0 Å². The van der Waals surface area contributed by atoms with Crippen LogP contribution in [0.4, 0.5) is 0 Å². The highest BCUT2D eigenvalue weighted by atomic mass is 14.4. The van der Waals surface area contributed by atoms with Crippen LogP contribution in [0.5, 0.6) is 0 Å². The van der Waals surface area contributed by atoms with E-state index in [-0.39, 0.29) is 0 Å². The molecule has 0 bridgehead atoms. The lowest BCUT2D eigenvalue weighted by Gasteiger charge is -2.26. The second-order valence-corrected chi connectivity index (χ2v) is 2.29. The van der Waals surface area contributed by atoms with Crippen molar-refractivity contribution in [1.29, 1.82) is 5.26 Å². The summed E-state index contributed by atoms with van der Waals surface area (Å²) in [5.41, 5.74) is 0. The molecule has 1 saturated carbocycles. The normalized spacial score (nSPS) is 38.9. The summed E-state index contributed by atoms with van der Waals surface area (Å²) in [5.74, 6) is 1.07. The quantitative estimate of drug-likeness (QED) is 0.448. The Morgan fingerprint density at radius 1 is 1.57 bits per heavy atom. The molecule has 1 heteroatoms. The second kappa shape index (κ2) is 1.54. The topological polar surface area (TPSA) is 23.8 Å². The Morgan fingerprint density at radius 2 is 2.29 bits per heavy atom. The molecule has 0 saturated heterocycles. The van der Waals surface area contributed by atoms with Gasteiger partial charge in [0.15, 0.2) is 0 Å². The van der Waals surface area contributed by atoms with Crippen molar-refractivity contribution in [1.82, 2.24) is 0 Å². The Balaban J connectivity index is 2.33. The van der Waals surface area contributed by atoms with Gasteiger partial charge in [0.1, 0.15) is 0 Å². The maximum Gasteiger partial charge on any atom is 0.0658 e. The van der Waals surface area contributed by atoms with Gasteiger partial charge in [0.25, 0.3) is 0 Å². The fourth-order valence-electron chi connectivity index (χ4n) is 0.858. The van der Waals surface area contributed by atoms with Crippen molar-refractivity contribution in [2.24, 2.45) is 11.8 Å². The predicted octanol–water partition coefficient (Wildman–Crippen LogP) is 1.56. The van der Waals surface area contributed by atoms with Crippen LogP contribution in [0.2, 0.25) is 0 Å². The molecule has 0 heterocycles. The summed E-state index contributed by atoms with van der Waals surface area (Å²) < 4.78 is 0.